The highest BCUT2D eigenvalue weighted by Crippen LogP contribution is 2.26. The molecule has 1 aliphatic heterocycles. The highest BCUT2D eigenvalue weighted by atomic mass is 35.5. The number of aromatic nitrogens is 1. The Morgan fingerprint density at radius 3 is 3.04 bits per heavy atom. The number of halogens is 1. The number of rotatable bonds is 4. The average Bonchev–Trinajstić information content (AvgIpc) is 2.69. The predicted octanol–water partition coefficient (Wildman–Crippen LogP) is 4.10. The molecule has 142 valence electrons. The number of hydrogen-bond acceptors (Lipinski definition) is 4. The van der Waals surface area contributed by atoms with Crippen LogP contribution in [0.4, 0.5) is 5.69 Å². The molecule has 0 atom stereocenters. The van der Waals surface area contributed by atoms with E-state index >= 15 is 0 Å². The van der Waals surface area contributed by atoms with Gasteiger partial charge in [0.2, 0.25) is 0 Å². The van der Waals surface area contributed by atoms with Crippen molar-refractivity contribution in [3.8, 4) is 0 Å². The summed E-state index contributed by atoms with van der Waals surface area (Å²) in [6, 6.07) is 16.1. The van der Waals surface area contributed by atoms with E-state index in [-0.39, 0.29) is 12.5 Å². The van der Waals surface area contributed by atoms with Gasteiger partial charge in [0.05, 0.1) is 18.3 Å². The average molecular weight is 393 g/mol. The molecule has 0 spiro atoms. The van der Waals surface area contributed by atoms with Crippen LogP contribution in [0.25, 0.3) is 10.9 Å². The van der Waals surface area contributed by atoms with Crippen LogP contribution in [0.15, 0.2) is 53.6 Å². The summed E-state index contributed by atoms with van der Waals surface area (Å²) in [5, 5.41) is 5.41. The van der Waals surface area contributed by atoms with Crippen LogP contribution in [-0.4, -0.2) is 30.2 Å². The van der Waals surface area contributed by atoms with Crippen molar-refractivity contribution in [1.82, 2.24) is 10.4 Å². The van der Waals surface area contributed by atoms with Gasteiger partial charge >= 0.3 is 0 Å². The summed E-state index contributed by atoms with van der Waals surface area (Å²) in [6.45, 7) is 3.16. The summed E-state index contributed by atoms with van der Waals surface area (Å²) >= 11 is 6.26. The second-order valence-corrected chi connectivity index (χ2v) is 7.37. The van der Waals surface area contributed by atoms with Crippen LogP contribution < -0.4 is 10.3 Å². The van der Waals surface area contributed by atoms with Crippen molar-refractivity contribution in [3.05, 3.63) is 70.4 Å². The van der Waals surface area contributed by atoms with Crippen LogP contribution in [0.5, 0.6) is 0 Å². The lowest BCUT2D eigenvalue weighted by Gasteiger charge is -2.30. The fourth-order valence-electron chi connectivity index (χ4n) is 3.52. The number of hydrazone groups is 1. The Morgan fingerprint density at radius 1 is 1.29 bits per heavy atom. The molecule has 1 amide bonds. The molecule has 2 heterocycles. The van der Waals surface area contributed by atoms with Crippen molar-refractivity contribution in [3.63, 3.8) is 0 Å². The Hall–Kier alpha value is -2.92. The number of amides is 1. The molecule has 0 saturated carbocycles. The molecule has 4 rings (SSSR count). The Labute approximate surface area is 169 Å². The van der Waals surface area contributed by atoms with Crippen LogP contribution in [0, 0.1) is 6.92 Å². The Kier molecular flexibility index (Phi) is 5.26. The van der Waals surface area contributed by atoms with Crippen LogP contribution in [0.1, 0.15) is 23.1 Å². The maximum Gasteiger partial charge on any atom is 0.259 e. The van der Waals surface area contributed by atoms with Crippen LogP contribution in [0.2, 0.25) is 5.15 Å². The largest absolute Gasteiger partial charge is 0.362 e. The van der Waals surface area contributed by atoms with Crippen LogP contribution in [0.3, 0.4) is 0 Å². The topological polar surface area (TPSA) is 57.6 Å². The molecular weight excluding hydrogens is 372 g/mol. The monoisotopic (exact) mass is 392 g/mol. The number of hydrogen-bond donors (Lipinski definition) is 1. The third kappa shape index (κ3) is 3.99. The van der Waals surface area contributed by atoms with E-state index in [1.807, 2.05) is 43.3 Å². The Bertz CT molecular complexity index is 1060. The molecule has 5 nitrogen and oxygen atoms in total. The van der Waals surface area contributed by atoms with Crippen molar-refractivity contribution >= 4 is 40.3 Å². The summed E-state index contributed by atoms with van der Waals surface area (Å²) in [7, 11) is 0. The first-order valence-corrected chi connectivity index (χ1v) is 9.69. The molecule has 0 fully saturated rings. The lowest BCUT2D eigenvalue weighted by atomic mass is 10.0. The number of aryl methyl sites for hydroxylation is 2. The highest BCUT2D eigenvalue weighted by Gasteiger charge is 2.18. The summed E-state index contributed by atoms with van der Waals surface area (Å²) in [5.74, 6) is -0.159. The molecule has 0 unspecified atom stereocenters. The maximum atomic E-state index is 12.3. The number of carbonyl (C=O) groups excluding carboxylic acids is 1. The van der Waals surface area contributed by atoms with E-state index in [2.05, 4.69) is 32.5 Å². The van der Waals surface area contributed by atoms with E-state index in [1.165, 1.54) is 11.8 Å². The molecule has 0 aliphatic carbocycles. The summed E-state index contributed by atoms with van der Waals surface area (Å²) in [6.07, 6.45) is 3.64. The number of carbonyl (C=O) groups is 1. The van der Waals surface area contributed by atoms with Crippen LogP contribution in [-0.2, 0) is 11.2 Å². The molecule has 0 radical (unpaired) electrons. The van der Waals surface area contributed by atoms with Crippen molar-refractivity contribution < 1.29 is 4.79 Å². The summed E-state index contributed by atoms with van der Waals surface area (Å²) in [4.78, 5) is 18.8. The number of para-hydroxylation sites is 1. The number of benzene rings is 2. The second-order valence-electron chi connectivity index (χ2n) is 7.01. The van der Waals surface area contributed by atoms with Gasteiger partial charge < -0.3 is 4.90 Å². The maximum absolute atomic E-state index is 12.3. The zero-order valence-electron chi connectivity index (χ0n) is 15.7. The van der Waals surface area contributed by atoms with Crippen molar-refractivity contribution in [2.45, 2.75) is 19.8 Å². The van der Waals surface area contributed by atoms with Gasteiger partial charge in [-0.15, -0.1) is 0 Å². The molecule has 3 aromatic rings. The fourth-order valence-corrected chi connectivity index (χ4v) is 3.71. The minimum Gasteiger partial charge on any atom is -0.362 e. The predicted molar refractivity (Wildman–Crippen MR) is 114 cm³/mol. The van der Waals surface area contributed by atoms with Crippen molar-refractivity contribution in [1.29, 1.82) is 0 Å². The molecular formula is C22H21ClN4O. The smallest absolute Gasteiger partial charge is 0.259 e. The van der Waals surface area contributed by atoms with Gasteiger partial charge in [-0.2, -0.15) is 5.10 Å². The molecule has 6 heteroatoms. The van der Waals surface area contributed by atoms with E-state index in [9.17, 15) is 4.79 Å². The zero-order valence-corrected chi connectivity index (χ0v) is 16.4. The molecule has 1 aromatic heterocycles. The standard InChI is InChI=1S/C22H21ClN4O/c1-15-8-9-17-12-18(22(23)25-19(17)11-15)13-24-26-21(28)14-27-10-4-6-16-5-2-3-7-20(16)27/h2-3,5,7-9,11-13H,4,6,10,14H2,1H3,(H,26,28)/b24-13-. The summed E-state index contributed by atoms with van der Waals surface area (Å²) < 4.78 is 0. The number of anilines is 1. The fraction of sp³-hybridized carbons (Fsp3) is 0.227. The molecule has 0 bridgehead atoms. The molecule has 28 heavy (non-hydrogen) atoms. The molecule has 0 saturated heterocycles. The van der Waals surface area contributed by atoms with Gasteiger partial charge in [-0.25, -0.2) is 10.4 Å². The highest BCUT2D eigenvalue weighted by molar-refractivity contribution is 6.32. The number of fused-ring (bicyclic) bond motifs is 2. The van der Waals surface area contributed by atoms with Gasteiger partial charge in [-0.3, -0.25) is 4.79 Å². The van der Waals surface area contributed by atoms with Gasteiger partial charge in [0.1, 0.15) is 5.15 Å². The molecule has 1 aliphatic rings. The number of nitrogens with one attached hydrogen (secondary N) is 1. The lowest BCUT2D eigenvalue weighted by Crippen LogP contribution is -2.38. The van der Waals surface area contributed by atoms with Gasteiger partial charge in [0.15, 0.2) is 0 Å². The van der Waals surface area contributed by atoms with Crippen molar-refractivity contribution in [2.75, 3.05) is 18.0 Å². The van der Waals surface area contributed by atoms with E-state index in [1.54, 1.807) is 0 Å². The lowest BCUT2D eigenvalue weighted by molar-refractivity contribution is -0.119. The van der Waals surface area contributed by atoms with Crippen molar-refractivity contribution in [2.24, 2.45) is 5.10 Å². The molecule has 2 aromatic carbocycles. The number of nitrogens with zero attached hydrogens (tertiary/aromatic N) is 3. The summed E-state index contributed by atoms with van der Waals surface area (Å²) in [5.41, 5.74) is 7.65. The Morgan fingerprint density at radius 2 is 2.14 bits per heavy atom. The Balaban J connectivity index is 1.43. The van der Waals surface area contributed by atoms with Crippen LogP contribution >= 0.6 is 11.6 Å². The zero-order chi connectivity index (χ0) is 19.5. The minimum absolute atomic E-state index is 0.159. The number of pyridine rings is 1. The third-order valence-electron chi connectivity index (χ3n) is 4.89. The van der Waals surface area contributed by atoms with Gasteiger partial charge in [-0.05, 0) is 49.1 Å². The first-order chi connectivity index (χ1) is 13.6. The first kappa shape index (κ1) is 18.4. The van der Waals surface area contributed by atoms with E-state index in [0.717, 1.165) is 41.5 Å². The van der Waals surface area contributed by atoms with E-state index in [0.29, 0.717) is 10.7 Å². The second kappa shape index (κ2) is 7.98. The molecule has 1 N–H and O–H groups in total. The normalized spacial score (nSPS) is 13.7. The first-order valence-electron chi connectivity index (χ1n) is 9.32. The van der Waals surface area contributed by atoms with E-state index < -0.39 is 0 Å². The van der Waals surface area contributed by atoms with Gasteiger partial charge in [-0.1, -0.05) is 41.9 Å². The minimum atomic E-state index is -0.159. The SMILES string of the molecule is Cc1ccc2cc(/C=N\NC(=O)CN3CCCc4ccccc43)c(Cl)nc2c1. The quantitative estimate of drug-likeness (QED) is 0.413. The van der Waals surface area contributed by atoms with E-state index in [4.69, 9.17) is 11.6 Å². The third-order valence-corrected chi connectivity index (χ3v) is 5.19. The van der Waals surface area contributed by atoms with Gasteiger partial charge in [0, 0.05) is 23.2 Å². The van der Waals surface area contributed by atoms with Gasteiger partial charge in [0.25, 0.3) is 5.91 Å².